The van der Waals surface area contributed by atoms with Gasteiger partial charge in [-0.25, -0.2) is 4.98 Å². The number of aromatic nitrogens is 2. The number of para-hydroxylation sites is 5. The van der Waals surface area contributed by atoms with E-state index in [2.05, 4.69) is 95.6 Å². The van der Waals surface area contributed by atoms with Crippen LogP contribution in [0.15, 0.2) is 155 Å². The molecule has 0 atom stereocenters. The number of furan rings is 2. The van der Waals surface area contributed by atoms with Crippen molar-refractivity contribution in [3.05, 3.63) is 146 Å². The van der Waals surface area contributed by atoms with Gasteiger partial charge in [0, 0.05) is 61.8 Å². The Kier molecular flexibility index (Phi) is 5.16. The van der Waals surface area contributed by atoms with Crippen LogP contribution < -0.4 is 0 Å². The van der Waals surface area contributed by atoms with E-state index in [1.54, 1.807) is 0 Å². The fraction of sp³-hybridized carbons (Fsp3) is 0. The maximum absolute atomic E-state index is 6.54. The maximum Gasteiger partial charge on any atom is 0.144 e. The predicted octanol–water partition coefficient (Wildman–Crippen LogP) is 10.7. The lowest BCUT2D eigenvalue weighted by Crippen LogP contribution is -2.02. The van der Waals surface area contributed by atoms with Gasteiger partial charge in [-0.1, -0.05) is 121 Å². The zero-order valence-corrected chi connectivity index (χ0v) is 23.1. The first-order chi connectivity index (χ1) is 21.3. The lowest BCUT2D eigenvalue weighted by atomic mass is 9.93. The molecule has 0 saturated carbocycles. The van der Waals surface area contributed by atoms with Crippen LogP contribution >= 0.6 is 0 Å². The lowest BCUT2D eigenvalue weighted by Gasteiger charge is -2.19. The van der Waals surface area contributed by atoms with E-state index in [1.807, 2.05) is 54.9 Å². The van der Waals surface area contributed by atoms with E-state index in [-0.39, 0.29) is 0 Å². The van der Waals surface area contributed by atoms with Gasteiger partial charge in [0.1, 0.15) is 28.2 Å². The Morgan fingerprint density at radius 3 is 1.53 bits per heavy atom. The SMILES string of the molecule is c1ccc(-c2nccn2-c2c(-c3cccc4c3oc3ccccc34)cccc2-c2cccc3c2oc2ccccc23)cc1. The summed E-state index contributed by atoms with van der Waals surface area (Å²) in [5, 5.41) is 4.41. The summed E-state index contributed by atoms with van der Waals surface area (Å²) >= 11 is 0. The molecule has 0 aliphatic carbocycles. The summed E-state index contributed by atoms with van der Waals surface area (Å²) in [4.78, 5) is 4.84. The highest BCUT2D eigenvalue weighted by Crippen LogP contribution is 2.44. The van der Waals surface area contributed by atoms with Crippen molar-refractivity contribution in [3.63, 3.8) is 0 Å². The lowest BCUT2D eigenvalue weighted by molar-refractivity contribution is 0.670. The maximum atomic E-state index is 6.54. The zero-order valence-electron chi connectivity index (χ0n) is 23.1. The van der Waals surface area contributed by atoms with Crippen LogP contribution in [0.5, 0.6) is 0 Å². The van der Waals surface area contributed by atoms with Gasteiger partial charge in [-0.3, -0.25) is 4.57 Å². The van der Waals surface area contributed by atoms with Crippen LogP contribution in [0.4, 0.5) is 0 Å². The predicted molar refractivity (Wildman–Crippen MR) is 174 cm³/mol. The van der Waals surface area contributed by atoms with E-state index in [4.69, 9.17) is 13.8 Å². The summed E-state index contributed by atoms with van der Waals surface area (Å²) < 4.78 is 15.3. The summed E-state index contributed by atoms with van der Waals surface area (Å²) in [7, 11) is 0. The summed E-state index contributed by atoms with van der Waals surface area (Å²) in [6.45, 7) is 0. The van der Waals surface area contributed by atoms with Crippen molar-refractivity contribution in [1.29, 1.82) is 0 Å². The molecular formula is C39H24N2O2. The first kappa shape index (κ1) is 23.8. The van der Waals surface area contributed by atoms with E-state index in [1.165, 1.54) is 0 Å². The minimum Gasteiger partial charge on any atom is -0.455 e. The fourth-order valence-electron chi connectivity index (χ4n) is 6.44. The van der Waals surface area contributed by atoms with E-state index in [0.717, 1.165) is 83.2 Å². The largest absolute Gasteiger partial charge is 0.455 e. The summed E-state index contributed by atoms with van der Waals surface area (Å²) in [6, 6.07) is 46.0. The number of rotatable bonds is 4. The highest BCUT2D eigenvalue weighted by atomic mass is 16.3. The van der Waals surface area contributed by atoms with Crippen molar-refractivity contribution < 1.29 is 8.83 Å². The third-order valence-electron chi connectivity index (χ3n) is 8.34. The Balaban J connectivity index is 1.40. The molecule has 0 radical (unpaired) electrons. The van der Waals surface area contributed by atoms with E-state index in [9.17, 15) is 0 Å². The fourth-order valence-corrected chi connectivity index (χ4v) is 6.44. The molecule has 9 aromatic rings. The molecule has 3 aromatic heterocycles. The quantitative estimate of drug-likeness (QED) is 0.218. The molecule has 0 unspecified atom stereocenters. The molecule has 0 N–H and O–H groups in total. The van der Waals surface area contributed by atoms with E-state index in [0.29, 0.717) is 0 Å². The van der Waals surface area contributed by atoms with Crippen LogP contribution in [0.25, 0.3) is 83.2 Å². The second-order valence-electron chi connectivity index (χ2n) is 10.7. The standard InChI is InChI=1S/C39H24N2O2/c1-2-11-25(12-3-1)39-40-23-24-41(39)36-28(32-19-9-17-30-26-13-4-6-21-34(26)42-37(30)32)15-8-16-29(36)33-20-10-18-31-27-14-5-7-22-35(27)43-38(31)33/h1-24H. The molecule has 4 heteroatoms. The van der Waals surface area contributed by atoms with Crippen LogP contribution in [0, 0.1) is 0 Å². The van der Waals surface area contributed by atoms with Gasteiger partial charge in [-0.2, -0.15) is 0 Å². The average molecular weight is 553 g/mol. The number of benzene rings is 6. The summed E-state index contributed by atoms with van der Waals surface area (Å²) in [6.07, 6.45) is 3.91. The van der Waals surface area contributed by atoms with Crippen molar-refractivity contribution >= 4 is 43.9 Å². The van der Waals surface area contributed by atoms with E-state index >= 15 is 0 Å². The van der Waals surface area contributed by atoms with Gasteiger partial charge < -0.3 is 8.83 Å². The smallest absolute Gasteiger partial charge is 0.144 e. The van der Waals surface area contributed by atoms with Gasteiger partial charge in [-0.15, -0.1) is 0 Å². The van der Waals surface area contributed by atoms with Crippen LogP contribution in [-0.4, -0.2) is 9.55 Å². The summed E-state index contributed by atoms with van der Waals surface area (Å²) in [5.41, 5.74) is 9.68. The number of imidazole rings is 1. The van der Waals surface area contributed by atoms with Gasteiger partial charge in [0.25, 0.3) is 0 Å². The number of hydrogen-bond donors (Lipinski definition) is 0. The Morgan fingerprint density at radius 2 is 0.930 bits per heavy atom. The van der Waals surface area contributed by atoms with Crippen molar-refractivity contribution in [1.82, 2.24) is 9.55 Å². The third kappa shape index (κ3) is 3.60. The van der Waals surface area contributed by atoms with Crippen LogP contribution in [0.3, 0.4) is 0 Å². The molecule has 0 fully saturated rings. The Bertz CT molecular complexity index is 2330. The van der Waals surface area contributed by atoms with Gasteiger partial charge in [-0.05, 0) is 12.1 Å². The second kappa shape index (κ2) is 9.33. The normalized spacial score (nSPS) is 11.7. The van der Waals surface area contributed by atoms with E-state index < -0.39 is 0 Å². The molecule has 0 aliphatic heterocycles. The van der Waals surface area contributed by atoms with Crippen molar-refractivity contribution in [2.75, 3.05) is 0 Å². The highest BCUT2D eigenvalue weighted by molar-refractivity contribution is 6.12. The van der Waals surface area contributed by atoms with Gasteiger partial charge in [0.2, 0.25) is 0 Å². The summed E-state index contributed by atoms with van der Waals surface area (Å²) in [5.74, 6) is 0.864. The molecule has 3 heterocycles. The zero-order chi connectivity index (χ0) is 28.3. The van der Waals surface area contributed by atoms with Crippen molar-refractivity contribution in [3.8, 4) is 39.3 Å². The molecule has 43 heavy (non-hydrogen) atoms. The van der Waals surface area contributed by atoms with Crippen LogP contribution in [0.1, 0.15) is 0 Å². The van der Waals surface area contributed by atoms with Gasteiger partial charge in [0.15, 0.2) is 0 Å². The number of fused-ring (bicyclic) bond motifs is 6. The van der Waals surface area contributed by atoms with Crippen LogP contribution in [0.2, 0.25) is 0 Å². The molecular weight excluding hydrogens is 528 g/mol. The Morgan fingerprint density at radius 1 is 0.442 bits per heavy atom. The molecule has 9 rings (SSSR count). The first-order valence-electron chi connectivity index (χ1n) is 14.4. The molecule has 0 saturated heterocycles. The Labute approximate surface area is 247 Å². The molecule has 202 valence electrons. The van der Waals surface area contributed by atoms with Crippen molar-refractivity contribution in [2.45, 2.75) is 0 Å². The first-order valence-corrected chi connectivity index (χ1v) is 14.4. The molecule has 0 bridgehead atoms. The van der Waals surface area contributed by atoms with Gasteiger partial charge in [0.05, 0.1) is 5.69 Å². The molecule has 0 amide bonds. The minimum absolute atomic E-state index is 0.864. The molecule has 0 aliphatic rings. The molecule has 6 aromatic carbocycles. The number of hydrogen-bond acceptors (Lipinski definition) is 3. The average Bonchev–Trinajstić information content (AvgIpc) is 3.80. The topological polar surface area (TPSA) is 44.1 Å². The third-order valence-corrected chi connectivity index (χ3v) is 8.34. The van der Waals surface area contributed by atoms with Crippen molar-refractivity contribution in [2.24, 2.45) is 0 Å². The highest BCUT2D eigenvalue weighted by Gasteiger charge is 2.22. The molecule has 0 spiro atoms. The second-order valence-corrected chi connectivity index (χ2v) is 10.7. The van der Waals surface area contributed by atoms with Crippen LogP contribution in [-0.2, 0) is 0 Å². The minimum atomic E-state index is 0.864. The number of nitrogens with zero attached hydrogens (tertiary/aromatic N) is 2. The monoisotopic (exact) mass is 552 g/mol. The Hall–Kier alpha value is -5.87. The molecule has 4 nitrogen and oxygen atoms in total. The van der Waals surface area contributed by atoms with Gasteiger partial charge >= 0.3 is 0 Å².